The van der Waals surface area contributed by atoms with E-state index in [1.54, 1.807) is 37.3 Å². The molecule has 1 heterocycles. The minimum Gasteiger partial charge on any atom is -0.378 e. The van der Waals surface area contributed by atoms with Crippen LogP contribution < -0.4 is 5.43 Å². The van der Waals surface area contributed by atoms with Crippen LogP contribution in [0.2, 0.25) is 0 Å². The summed E-state index contributed by atoms with van der Waals surface area (Å²) in [6.45, 7) is 1.62. The highest BCUT2D eigenvalue weighted by atomic mass is 32.1. The van der Waals surface area contributed by atoms with Crippen LogP contribution in [0.15, 0.2) is 46.9 Å². The van der Waals surface area contributed by atoms with Crippen molar-refractivity contribution in [2.75, 3.05) is 0 Å². The molecule has 7 nitrogen and oxygen atoms in total. The molecule has 2 N–H and O–H groups in total. The average molecular weight is 319 g/mol. The Balaban J connectivity index is 2.03. The Kier molecular flexibility index (Phi) is 4.97. The smallest absolute Gasteiger partial charge is 0.280 e. The number of hydrogen-bond donors (Lipinski definition) is 2. The first-order valence-corrected chi connectivity index (χ1v) is 7.17. The van der Waals surface area contributed by atoms with Crippen molar-refractivity contribution in [1.82, 2.24) is 5.43 Å². The second kappa shape index (κ2) is 6.92. The van der Waals surface area contributed by atoms with E-state index in [0.29, 0.717) is 16.2 Å². The fraction of sp³-hybridized carbons (Fsp3) is 0.143. The summed E-state index contributed by atoms with van der Waals surface area (Å²) in [4.78, 5) is 22.5. The molecule has 0 saturated heterocycles. The number of hydrogen-bond acceptors (Lipinski definition) is 6. The Morgan fingerprint density at radius 1 is 1.41 bits per heavy atom. The van der Waals surface area contributed by atoms with Crippen molar-refractivity contribution in [1.29, 1.82) is 0 Å². The van der Waals surface area contributed by atoms with Gasteiger partial charge in [0, 0.05) is 6.07 Å². The lowest BCUT2D eigenvalue weighted by molar-refractivity contribution is -0.384. The summed E-state index contributed by atoms with van der Waals surface area (Å²) in [6, 6.07) is 9.84. The van der Waals surface area contributed by atoms with Crippen LogP contribution in [0.5, 0.6) is 0 Å². The molecule has 1 aromatic heterocycles. The number of aliphatic hydroxyl groups excluding tert-OH is 1. The van der Waals surface area contributed by atoms with Crippen LogP contribution in [0.1, 0.15) is 23.5 Å². The molecule has 0 fully saturated rings. The third kappa shape index (κ3) is 3.74. The maximum absolute atomic E-state index is 11.8. The molecule has 0 bridgehead atoms. The molecule has 2 aromatic rings. The molecule has 2 rings (SSSR count). The third-order valence-corrected chi connectivity index (χ3v) is 3.88. The second-order valence-corrected chi connectivity index (χ2v) is 5.32. The standard InChI is InChI=1S/C14H13N3O4S/c1-9(12-7-11(8-22-12)17(20)21)15-16-14(19)13(18)10-5-3-2-4-6-10/h2-8,13,18H,1H3,(H,16,19)/b15-9-/t13-/m1/s1. The highest BCUT2D eigenvalue weighted by molar-refractivity contribution is 7.12. The Morgan fingerprint density at radius 2 is 2.09 bits per heavy atom. The van der Waals surface area contributed by atoms with E-state index in [1.807, 2.05) is 0 Å². The molecule has 1 amide bonds. The van der Waals surface area contributed by atoms with Crippen LogP contribution in [0.3, 0.4) is 0 Å². The molecule has 0 aliphatic rings. The lowest BCUT2D eigenvalue weighted by Gasteiger charge is -2.09. The van der Waals surface area contributed by atoms with Crippen LogP contribution >= 0.6 is 11.3 Å². The number of nitrogens with one attached hydrogen (secondary N) is 1. The molecular formula is C14H13N3O4S. The summed E-state index contributed by atoms with van der Waals surface area (Å²) in [7, 11) is 0. The number of aliphatic hydroxyl groups is 1. The van der Waals surface area contributed by atoms with Crippen LogP contribution in [0.25, 0.3) is 0 Å². The van der Waals surface area contributed by atoms with E-state index in [1.165, 1.54) is 11.4 Å². The van der Waals surface area contributed by atoms with Gasteiger partial charge in [0.05, 0.1) is 20.9 Å². The molecule has 0 saturated carbocycles. The minimum atomic E-state index is -1.32. The SMILES string of the molecule is C/C(=N/NC(=O)[C@H](O)c1ccccc1)c1cc([N+](=O)[O-])cs1. The molecule has 0 radical (unpaired) electrons. The van der Waals surface area contributed by atoms with Crippen molar-refractivity contribution in [2.45, 2.75) is 13.0 Å². The van der Waals surface area contributed by atoms with Crippen LogP contribution in [0, 0.1) is 10.1 Å². The monoisotopic (exact) mass is 319 g/mol. The number of nitrogens with zero attached hydrogens (tertiary/aromatic N) is 2. The van der Waals surface area contributed by atoms with Gasteiger partial charge in [-0.3, -0.25) is 14.9 Å². The van der Waals surface area contributed by atoms with Crippen LogP contribution in [0.4, 0.5) is 5.69 Å². The van der Waals surface area contributed by atoms with E-state index >= 15 is 0 Å². The van der Waals surface area contributed by atoms with E-state index in [4.69, 9.17) is 0 Å². The van der Waals surface area contributed by atoms with Gasteiger partial charge >= 0.3 is 0 Å². The second-order valence-electron chi connectivity index (χ2n) is 4.41. The number of amides is 1. The van der Waals surface area contributed by atoms with Gasteiger partial charge in [-0.1, -0.05) is 30.3 Å². The van der Waals surface area contributed by atoms with E-state index in [-0.39, 0.29) is 5.69 Å². The fourth-order valence-electron chi connectivity index (χ4n) is 1.65. The number of rotatable bonds is 5. The quantitative estimate of drug-likeness (QED) is 0.501. The summed E-state index contributed by atoms with van der Waals surface area (Å²) in [5.74, 6) is -0.670. The molecular weight excluding hydrogens is 306 g/mol. The first-order chi connectivity index (χ1) is 10.5. The van der Waals surface area contributed by atoms with Gasteiger partial charge < -0.3 is 5.11 Å². The Hall–Kier alpha value is -2.58. The van der Waals surface area contributed by atoms with E-state index in [9.17, 15) is 20.0 Å². The maximum atomic E-state index is 11.8. The molecule has 1 aromatic carbocycles. The number of benzene rings is 1. The zero-order valence-electron chi connectivity index (χ0n) is 11.6. The van der Waals surface area contributed by atoms with Crippen molar-refractivity contribution in [3.05, 3.63) is 62.3 Å². The molecule has 1 atom stereocenters. The highest BCUT2D eigenvalue weighted by Gasteiger charge is 2.17. The first-order valence-electron chi connectivity index (χ1n) is 6.29. The molecule has 0 aliphatic heterocycles. The van der Waals surface area contributed by atoms with Gasteiger partial charge in [0.2, 0.25) is 0 Å². The van der Waals surface area contributed by atoms with Crippen molar-refractivity contribution >= 4 is 28.6 Å². The molecule has 0 spiro atoms. The van der Waals surface area contributed by atoms with Crippen molar-refractivity contribution < 1.29 is 14.8 Å². The van der Waals surface area contributed by atoms with Crippen LogP contribution in [-0.2, 0) is 4.79 Å². The van der Waals surface area contributed by atoms with Crippen molar-refractivity contribution in [3.63, 3.8) is 0 Å². The van der Waals surface area contributed by atoms with Gasteiger partial charge in [-0.15, -0.1) is 11.3 Å². The van der Waals surface area contributed by atoms with Gasteiger partial charge in [0.1, 0.15) is 0 Å². The summed E-state index contributed by atoms with van der Waals surface area (Å²) in [6.07, 6.45) is -1.32. The number of carbonyl (C=O) groups is 1. The van der Waals surface area contributed by atoms with Crippen molar-refractivity contribution in [2.24, 2.45) is 5.10 Å². The van der Waals surface area contributed by atoms with E-state index in [2.05, 4.69) is 10.5 Å². The normalized spacial score (nSPS) is 12.7. The summed E-state index contributed by atoms with van der Waals surface area (Å²) >= 11 is 1.16. The summed E-state index contributed by atoms with van der Waals surface area (Å²) in [5, 5.41) is 25.8. The van der Waals surface area contributed by atoms with Gasteiger partial charge in [0.15, 0.2) is 6.10 Å². The highest BCUT2D eigenvalue weighted by Crippen LogP contribution is 2.21. The number of nitro groups is 1. The first kappa shape index (κ1) is 15.8. The number of carbonyl (C=O) groups excluding carboxylic acids is 1. The van der Waals surface area contributed by atoms with Gasteiger partial charge in [-0.05, 0) is 12.5 Å². The topological polar surface area (TPSA) is 105 Å². The maximum Gasteiger partial charge on any atom is 0.280 e. The minimum absolute atomic E-state index is 0.0230. The van der Waals surface area contributed by atoms with Gasteiger partial charge in [0.25, 0.3) is 11.6 Å². The summed E-state index contributed by atoms with van der Waals surface area (Å²) in [5.41, 5.74) is 3.11. The predicted molar refractivity (Wildman–Crippen MR) is 82.7 cm³/mol. The fourth-order valence-corrected chi connectivity index (χ4v) is 2.46. The zero-order chi connectivity index (χ0) is 16.1. The largest absolute Gasteiger partial charge is 0.378 e. The lowest BCUT2D eigenvalue weighted by atomic mass is 10.1. The third-order valence-electron chi connectivity index (χ3n) is 2.85. The number of hydrazone groups is 1. The zero-order valence-corrected chi connectivity index (χ0v) is 12.4. The molecule has 114 valence electrons. The Morgan fingerprint density at radius 3 is 2.68 bits per heavy atom. The van der Waals surface area contributed by atoms with Gasteiger partial charge in [-0.2, -0.15) is 5.10 Å². The Bertz CT molecular complexity index is 712. The van der Waals surface area contributed by atoms with E-state index in [0.717, 1.165) is 11.3 Å². The predicted octanol–water partition coefficient (Wildman–Crippen LogP) is 2.23. The molecule has 22 heavy (non-hydrogen) atoms. The summed E-state index contributed by atoms with van der Waals surface area (Å²) < 4.78 is 0. The molecule has 0 aliphatic carbocycles. The molecule has 8 heteroatoms. The average Bonchev–Trinajstić information content (AvgIpc) is 3.02. The number of thiophene rings is 1. The van der Waals surface area contributed by atoms with Crippen molar-refractivity contribution in [3.8, 4) is 0 Å². The Labute approximate surface area is 130 Å². The lowest BCUT2D eigenvalue weighted by Crippen LogP contribution is -2.26. The molecule has 0 unspecified atom stereocenters. The van der Waals surface area contributed by atoms with Crippen LogP contribution in [-0.4, -0.2) is 21.6 Å². The van der Waals surface area contributed by atoms with Gasteiger partial charge in [-0.25, -0.2) is 5.43 Å². The van der Waals surface area contributed by atoms with E-state index < -0.39 is 16.9 Å².